The van der Waals surface area contributed by atoms with E-state index in [-0.39, 0.29) is 47.9 Å². The van der Waals surface area contributed by atoms with E-state index in [0.29, 0.717) is 0 Å². The summed E-state index contributed by atoms with van der Waals surface area (Å²) in [5.74, 6) is 0.286. The van der Waals surface area contributed by atoms with Crippen LogP contribution in [0.3, 0.4) is 0 Å². The van der Waals surface area contributed by atoms with Crippen molar-refractivity contribution in [1.29, 1.82) is 0 Å². The van der Waals surface area contributed by atoms with Gasteiger partial charge in [0.25, 0.3) is 0 Å². The molecule has 3 heterocycles. The van der Waals surface area contributed by atoms with Crippen molar-refractivity contribution in [2.24, 2.45) is 10.8 Å². The summed E-state index contributed by atoms with van der Waals surface area (Å²) in [5, 5.41) is 16.5. The van der Waals surface area contributed by atoms with Gasteiger partial charge in [0.05, 0.1) is 0 Å². The van der Waals surface area contributed by atoms with E-state index in [1.807, 2.05) is 70.4 Å². The molecular formula is C43H50IrNO2S2-. The predicted octanol–water partition coefficient (Wildman–Crippen LogP) is 13.5. The number of fused-ring (bicyclic) bond motifs is 5. The number of ketones is 1. The standard InChI is InChI=1S/C28H22NS2.C15H28O2.Ir/c1-16-11-18-13-22-21-9-10-29-26(27(21)31-25(22)15-24(18)30-16)19-12-17-7-5-6-8-20(17)23(14-19)28(2,3)4;1-7-14(5,8-2)12(16)11-13(17)15(6,9-3)10-4;/h5-11,13-15H,1-4H3;11,16H,7-10H2,1-6H3;/q-1;;/b;12-11-;. The number of nitrogens with zero attached hydrogens (tertiary/aromatic N) is 1. The van der Waals surface area contributed by atoms with Crippen LogP contribution in [0.1, 0.15) is 98.4 Å². The fourth-order valence-electron chi connectivity index (χ4n) is 6.22. The number of aliphatic hydroxyl groups excluding tert-OH is 1. The van der Waals surface area contributed by atoms with Crippen molar-refractivity contribution in [3.63, 3.8) is 0 Å². The van der Waals surface area contributed by atoms with Crippen LogP contribution in [0.15, 0.2) is 72.6 Å². The van der Waals surface area contributed by atoms with E-state index >= 15 is 0 Å². The quantitative estimate of drug-likeness (QED) is 0.0942. The zero-order valence-corrected chi connectivity index (χ0v) is 34.7. The molecule has 1 radical (unpaired) electrons. The third-order valence-electron chi connectivity index (χ3n) is 10.6. The summed E-state index contributed by atoms with van der Waals surface area (Å²) in [6.07, 6.45) is 6.71. The molecule has 6 heteroatoms. The van der Waals surface area contributed by atoms with E-state index in [9.17, 15) is 9.90 Å². The Bertz CT molecular complexity index is 2140. The van der Waals surface area contributed by atoms with E-state index < -0.39 is 0 Å². The van der Waals surface area contributed by atoms with Crippen LogP contribution >= 0.6 is 22.7 Å². The number of aliphatic hydroxyl groups is 1. The smallest absolute Gasteiger partial charge is 0.164 e. The Hall–Kier alpha value is -2.89. The Labute approximate surface area is 314 Å². The number of carbonyl (C=O) groups excluding carboxylic acids is 1. The molecule has 0 aliphatic carbocycles. The maximum Gasteiger partial charge on any atom is 0.164 e. The van der Waals surface area contributed by atoms with Gasteiger partial charge in [-0.15, -0.1) is 51.8 Å². The van der Waals surface area contributed by atoms with Gasteiger partial charge in [0, 0.05) is 73.3 Å². The van der Waals surface area contributed by atoms with Gasteiger partial charge in [0.1, 0.15) is 5.76 Å². The Morgan fingerprint density at radius 1 is 0.816 bits per heavy atom. The molecule has 6 aromatic rings. The van der Waals surface area contributed by atoms with Crippen molar-refractivity contribution in [3.05, 3.63) is 89.1 Å². The first kappa shape index (κ1) is 38.9. The number of carbonyl (C=O) groups is 1. The normalized spacial score (nSPS) is 12.7. The first-order chi connectivity index (χ1) is 22.7. The monoisotopic (exact) mass is 869 g/mol. The first-order valence-corrected chi connectivity index (χ1v) is 18.9. The molecule has 0 aliphatic heterocycles. The van der Waals surface area contributed by atoms with Crippen LogP contribution in [-0.4, -0.2) is 15.9 Å². The minimum Gasteiger partial charge on any atom is -0.512 e. The van der Waals surface area contributed by atoms with Crippen LogP contribution in [0.4, 0.5) is 0 Å². The van der Waals surface area contributed by atoms with E-state index in [1.165, 1.54) is 52.2 Å². The summed E-state index contributed by atoms with van der Waals surface area (Å²) < 4.78 is 3.94. The second-order valence-corrected chi connectivity index (χ2v) is 17.0. The van der Waals surface area contributed by atoms with E-state index in [1.54, 1.807) is 0 Å². The van der Waals surface area contributed by atoms with Crippen molar-refractivity contribution in [1.82, 2.24) is 4.98 Å². The second-order valence-electron chi connectivity index (χ2n) is 14.7. The summed E-state index contributed by atoms with van der Waals surface area (Å²) in [6, 6.07) is 23.7. The summed E-state index contributed by atoms with van der Waals surface area (Å²) >= 11 is 3.72. The molecule has 0 unspecified atom stereocenters. The number of hydrogen-bond acceptors (Lipinski definition) is 5. The number of benzene rings is 3. The average molecular weight is 869 g/mol. The molecule has 0 saturated carbocycles. The van der Waals surface area contributed by atoms with Gasteiger partial charge >= 0.3 is 0 Å². The Morgan fingerprint density at radius 3 is 2.10 bits per heavy atom. The molecule has 0 amide bonds. The Kier molecular flexibility index (Phi) is 12.0. The molecule has 0 bridgehead atoms. The largest absolute Gasteiger partial charge is 0.512 e. The fourth-order valence-corrected chi connectivity index (χ4v) is 8.47. The van der Waals surface area contributed by atoms with Gasteiger partial charge in [-0.05, 0) is 73.1 Å². The molecule has 261 valence electrons. The molecule has 49 heavy (non-hydrogen) atoms. The van der Waals surface area contributed by atoms with Crippen LogP contribution in [0.2, 0.25) is 0 Å². The van der Waals surface area contributed by atoms with Crippen LogP contribution < -0.4 is 0 Å². The van der Waals surface area contributed by atoms with Crippen molar-refractivity contribution < 1.29 is 30.0 Å². The minimum absolute atomic E-state index is 0. The van der Waals surface area contributed by atoms with E-state index in [0.717, 1.165) is 42.3 Å². The van der Waals surface area contributed by atoms with Gasteiger partial charge in [-0.1, -0.05) is 91.5 Å². The fraction of sp³-hybridized carbons (Fsp3) is 0.395. The first-order valence-electron chi connectivity index (χ1n) is 17.3. The van der Waals surface area contributed by atoms with Crippen LogP contribution in [-0.2, 0) is 30.3 Å². The summed E-state index contributed by atoms with van der Waals surface area (Å²) in [7, 11) is 0. The van der Waals surface area contributed by atoms with Gasteiger partial charge in [-0.3, -0.25) is 9.78 Å². The van der Waals surface area contributed by atoms with Gasteiger partial charge in [-0.25, -0.2) is 0 Å². The molecule has 0 fully saturated rings. The van der Waals surface area contributed by atoms with Crippen LogP contribution in [0.25, 0.3) is 52.3 Å². The number of hydrogen-bond donors (Lipinski definition) is 1. The topological polar surface area (TPSA) is 50.2 Å². The van der Waals surface area contributed by atoms with E-state index in [2.05, 4.69) is 88.4 Å². The molecule has 0 aliphatic rings. The maximum absolute atomic E-state index is 12.2. The molecule has 1 N–H and O–H groups in total. The molecule has 0 spiro atoms. The SMILES string of the molecule is CCC(C)(CC)C(=O)/C=C(\O)C(C)(CC)CC.Cc1cc2cc3c(cc2s1)sc1c(-c2[c-]c4ccccc4c(C(C)(C)C)c2)nccc13.[Ir]. The molecule has 3 aromatic carbocycles. The number of rotatable bonds is 8. The summed E-state index contributed by atoms with van der Waals surface area (Å²) in [5.41, 5.74) is 2.90. The van der Waals surface area contributed by atoms with Gasteiger partial charge in [-0.2, -0.15) is 0 Å². The number of pyridine rings is 1. The van der Waals surface area contributed by atoms with E-state index in [4.69, 9.17) is 4.98 Å². The third kappa shape index (κ3) is 7.73. The van der Waals surface area contributed by atoms with Gasteiger partial charge in [0.2, 0.25) is 0 Å². The number of thiophene rings is 2. The molecule has 3 aromatic heterocycles. The van der Waals surface area contributed by atoms with Crippen molar-refractivity contribution >= 4 is 69.5 Å². The van der Waals surface area contributed by atoms with Gasteiger partial charge in [0.15, 0.2) is 5.78 Å². The molecule has 6 rings (SSSR count). The van der Waals surface area contributed by atoms with Crippen molar-refractivity contribution in [2.75, 3.05) is 0 Å². The summed E-state index contributed by atoms with van der Waals surface area (Å²) in [6.45, 7) is 21.1. The van der Waals surface area contributed by atoms with Crippen LogP contribution in [0, 0.1) is 23.8 Å². The van der Waals surface area contributed by atoms with Crippen molar-refractivity contribution in [3.8, 4) is 11.3 Å². The third-order valence-corrected chi connectivity index (χ3v) is 12.8. The molecular weight excluding hydrogens is 819 g/mol. The molecule has 0 atom stereocenters. The minimum atomic E-state index is -0.337. The van der Waals surface area contributed by atoms with Crippen LogP contribution in [0.5, 0.6) is 0 Å². The van der Waals surface area contributed by atoms with Gasteiger partial charge < -0.3 is 5.11 Å². The number of aryl methyl sites for hydroxylation is 1. The average Bonchev–Trinajstić information content (AvgIpc) is 3.63. The molecule has 0 saturated heterocycles. The zero-order chi connectivity index (χ0) is 35.0. The van der Waals surface area contributed by atoms with Crippen molar-refractivity contribution in [2.45, 2.75) is 100 Å². The Balaban J connectivity index is 0.000000260. The maximum atomic E-state index is 12.2. The predicted molar refractivity (Wildman–Crippen MR) is 211 cm³/mol. The molecule has 3 nitrogen and oxygen atoms in total. The number of allylic oxidation sites excluding steroid dienone is 2. The Morgan fingerprint density at radius 2 is 1.47 bits per heavy atom. The zero-order valence-electron chi connectivity index (χ0n) is 30.6. The number of aromatic nitrogens is 1. The summed E-state index contributed by atoms with van der Waals surface area (Å²) in [4.78, 5) is 18.4. The second kappa shape index (κ2) is 15.2.